The van der Waals surface area contributed by atoms with Crippen LogP contribution in [0, 0.1) is 11.2 Å². The van der Waals surface area contributed by atoms with Crippen molar-refractivity contribution in [2.24, 2.45) is 11.5 Å². The number of nitrogens with two attached hydrogens (primary N) is 2. The van der Waals surface area contributed by atoms with Crippen LogP contribution in [0.4, 0.5) is 4.39 Å². The number of hydrogen-bond donors (Lipinski definition) is 4. The van der Waals surface area contributed by atoms with Gasteiger partial charge < -0.3 is 21.4 Å². The van der Waals surface area contributed by atoms with Crippen LogP contribution in [-0.2, 0) is 13.1 Å². The number of halogens is 1. The van der Waals surface area contributed by atoms with Crippen molar-refractivity contribution < 1.29 is 14.0 Å². The summed E-state index contributed by atoms with van der Waals surface area (Å²) in [5, 5.41) is 11.4. The second-order valence-electron chi connectivity index (χ2n) is 7.68. The Balaban J connectivity index is 1.70. The van der Waals surface area contributed by atoms with Crippen LogP contribution in [0.25, 0.3) is 10.9 Å². The smallest absolute Gasteiger partial charge is 0.268 e. The normalized spacial score (nSPS) is 10.8. The van der Waals surface area contributed by atoms with Gasteiger partial charge in [0.25, 0.3) is 5.91 Å². The van der Waals surface area contributed by atoms with Crippen LogP contribution in [-0.4, -0.2) is 22.2 Å². The number of benzene rings is 3. The Morgan fingerprint density at radius 1 is 0.909 bits per heavy atom. The molecule has 7 nitrogen and oxygen atoms in total. The summed E-state index contributed by atoms with van der Waals surface area (Å²) in [6.45, 7) is 0.511. The van der Waals surface area contributed by atoms with Gasteiger partial charge in [0, 0.05) is 35.1 Å². The van der Waals surface area contributed by atoms with E-state index < -0.39 is 5.91 Å². The lowest BCUT2D eigenvalue weighted by Gasteiger charge is -2.12. The fourth-order valence-electron chi connectivity index (χ4n) is 3.66. The highest BCUT2D eigenvalue weighted by Gasteiger charge is 2.17. The van der Waals surface area contributed by atoms with Gasteiger partial charge in [-0.25, -0.2) is 4.39 Å². The maximum Gasteiger partial charge on any atom is 0.268 e. The SMILES string of the molecule is N=C(N)c1ccc2cc(C(=O)NCc3cccc(F)c3)n(Cc3ccc(C(N)=O)cc3)c2c1. The molecule has 0 unspecified atom stereocenters. The number of primary amides is 1. The minimum Gasteiger partial charge on any atom is -0.384 e. The van der Waals surface area contributed by atoms with Crippen LogP contribution < -0.4 is 16.8 Å². The summed E-state index contributed by atoms with van der Waals surface area (Å²) in [7, 11) is 0. The Morgan fingerprint density at radius 3 is 2.30 bits per heavy atom. The molecular weight excluding hydrogens is 421 g/mol. The summed E-state index contributed by atoms with van der Waals surface area (Å²) >= 11 is 0. The Morgan fingerprint density at radius 2 is 1.64 bits per heavy atom. The van der Waals surface area contributed by atoms with E-state index in [2.05, 4.69) is 5.32 Å². The maximum absolute atomic E-state index is 13.5. The number of nitrogens with zero attached hydrogens (tertiary/aromatic N) is 1. The summed E-state index contributed by atoms with van der Waals surface area (Å²) in [4.78, 5) is 24.5. The molecule has 0 bridgehead atoms. The second-order valence-corrected chi connectivity index (χ2v) is 7.68. The van der Waals surface area contributed by atoms with Gasteiger partial charge in [-0.15, -0.1) is 0 Å². The van der Waals surface area contributed by atoms with Crippen molar-refractivity contribution in [3.8, 4) is 0 Å². The monoisotopic (exact) mass is 443 g/mol. The second kappa shape index (κ2) is 8.96. The fourth-order valence-corrected chi connectivity index (χ4v) is 3.66. The molecule has 0 aliphatic heterocycles. The predicted octanol–water partition coefficient (Wildman–Crippen LogP) is 3.14. The zero-order valence-corrected chi connectivity index (χ0v) is 17.6. The lowest BCUT2D eigenvalue weighted by Crippen LogP contribution is -2.25. The first kappa shape index (κ1) is 21.8. The summed E-state index contributed by atoms with van der Waals surface area (Å²) < 4.78 is 15.3. The third-order valence-electron chi connectivity index (χ3n) is 5.37. The van der Waals surface area contributed by atoms with Crippen molar-refractivity contribution in [2.75, 3.05) is 0 Å². The van der Waals surface area contributed by atoms with Gasteiger partial charge in [0.1, 0.15) is 17.3 Å². The van der Waals surface area contributed by atoms with Gasteiger partial charge in [-0.1, -0.05) is 36.4 Å². The van der Waals surface area contributed by atoms with E-state index in [1.54, 1.807) is 54.6 Å². The van der Waals surface area contributed by atoms with Crippen molar-refractivity contribution in [1.29, 1.82) is 5.41 Å². The molecule has 33 heavy (non-hydrogen) atoms. The van der Waals surface area contributed by atoms with Crippen LogP contribution in [0.1, 0.15) is 37.5 Å². The highest BCUT2D eigenvalue weighted by atomic mass is 19.1. The molecule has 0 saturated carbocycles. The Labute approximate surface area is 189 Å². The van der Waals surface area contributed by atoms with Gasteiger partial charge in [-0.3, -0.25) is 15.0 Å². The number of aromatic nitrogens is 1. The molecule has 2 amide bonds. The standard InChI is InChI=1S/C25H22FN5O2/c26-20-3-1-2-16(10-20)13-30-25(33)22-11-18-8-9-19(23(27)28)12-21(18)31(22)14-15-4-6-17(7-5-15)24(29)32/h1-12H,13-14H2,(H3,27,28)(H2,29,32)(H,30,33). The van der Waals surface area contributed by atoms with Gasteiger partial charge in [0.15, 0.2) is 0 Å². The van der Waals surface area contributed by atoms with E-state index in [-0.39, 0.29) is 24.1 Å². The lowest BCUT2D eigenvalue weighted by molar-refractivity contribution is 0.0941. The first-order valence-electron chi connectivity index (χ1n) is 10.2. The largest absolute Gasteiger partial charge is 0.384 e. The Bertz CT molecular complexity index is 1380. The number of rotatable bonds is 7. The number of amides is 2. The van der Waals surface area contributed by atoms with E-state index in [1.165, 1.54) is 12.1 Å². The molecule has 0 aliphatic rings. The number of fused-ring (bicyclic) bond motifs is 1. The van der Waals surface area contributed by atoms with Crippen molar-refractivity contribution in [3.63, 3.8) is 0 Å². The molecule has 0 aliphatic carbocycles. The van der Waals surface area contributed by atoms with Crippen LogP contribution in [0.5, 0.6) is 0 Å². The average molecular weight is 443 g/mol. The summed E-state index contributed by atoms with van der Waals surface area (Å²) in [5.74, 6) is -1.29. The van der Waals surface area contributed by atoms with Crippen molar-refractivity contribution >= 4 is 28.6 Å². The molecule has 0 fully saturated rings. The van der Waals surface area contributed by atoms with Crippen LogP contribution >= 0.6 is 0 Å². The van der Waals surface area contributed by atoms with E-state index in [4.69, 9.17) is 16.9 Å². The molecule has 3 aromatic carbocycles. The quantitative estimate of drug-likeness (QED) is 0.259. The highest BCUT2D eigenvalue weighted by molar-refractivity contribution is 6.02. The van der Waals surface area contributed by atoms with Crippen molar-refractivity contribution in [3.05, 3.63) is 107 Å². The summed E-state index contributed by atoms with van der Waals surface area (Å²) in [5.41, 5.74) is 14.6. The average Bonchev–Trinajstić information content (AvgIpc) is 3.15. The fraction of sp³-hybridized carbons (Fsp3) is 0.0800. The summed E-state index contributed by atoms with van der Waals surface area (Å²) in [6.07, 6.45) is 0. The molecule has 6 N–H and O–H groups in total. The number of hydrogen-bond acceptors (Lipinski definition) is 3. The van der Waals surface area contributed by atoms with Gasteiger partial charge in [-0.05, 0) is 47.5 Å². The third-order valence-corrected chi connectivity index (χ3v) is 5.37. The van der Waals surface area contributed by atoms with E-state index in [9.17, 15) is 14.0 Å². The molecule has 0 radical (unpaired) electrons. The van der Waals surface area contributed by atoms with Crippen LogP contribution in [0.15, 0.2) is 72.8 Å². The van der Waals surface area contributed by atoms with Crippen LogP contribution in [0.2, 0.25) is 0 Å². The number of nitrogens with one attached hydrogen (secondary N) is 2. The molecule has 4 rings (SSSR count). The molecule has 166 valence electrons. The topological polar surface area (TPSA) is 127 Å². The molecular formula is C25H22FN5O2. The zero-order valence-electron chi connectivity index (χ0n) is 17.6. The van der Waals surface area contributed by atoms with E-state index in [0.717, 1.165) is 16.5 Å². The number of amidine groups is 1. The van der Waals surface area contributed by atoms with E-state index in [0.29, 0.717) is 28.9 Å². The zero-order chi connectivity index (χ0) is 23.5. The van der Waals surface area contributed by atoms with Gasteiger partial charge >= 0.3 is 0 Å². The van der Waals surface area contributed by atoms with Crippen molar-refractivity contribution in [1.82, 2.24) is 9.88 Å². The first-order valence-corrected chi connectivity index (χ1v) is 10.2. The number of carbonyl (C=O) groups excluding carboxylic acids is 2. The van der Waals surface area contributed by atoms with Crippen LogP contribution in [0.3, 0.4) is 0 Å². The van der Waals surface area contributed by atoms with Gasteiger partial charge in [-0.2, -0.15) is 0 Å². The molecule has 0 atom stereocenters. The van der Waals surface area contributed by atoms with E-state index >= 15 is 0 Å². The molecule has 4 aromatic rings. The Hall–Kier alpha value is -4.46. The first-order chi connectivity index (χ1) is 15.8. The predicted molar refractivity (Wildman–Crippen MR) is 125 cm³/mol. The third kappa shape index (κ3) is 4.74. The molecule has 1 aromatic heterocycles. The molecule has 0 spiro atoms. The summed E-state index contributed by atoms with van der Waals surface area (Å²) in [6, 6.07) is 19.9. The number of nitrogen functional groups attached to an aromatic ring is 1. The molecule has 8 heteroatoms. The van der Waals surface area contributed by atoms with E-state index in [1.807, 2.05) is 10.6 Å². The van der Waals surface area contributed by atoms with Gasteiger partial charge in [0.05, 0.1) is 0 Å². The molecule has 0 saturated heterocycles. The maximum atomic E-state index is 13.5. The van der Waals surface area contributed by atoms with Crippen molar-refractivity contribution in [2.45, 2.75) is 13.1 Å². The minimum absolute atomic E-state index is 0.0763. The van der Waals surface area contributed by atoms with Gasteiger partial charge in [0.2, 0.25) is 5.91 Å². The Kier molecular flexibility index (Phi) is 5.91. The molecule has 1 heterocycles. The number of carbonyl (C=O) groups is 2. The minimum atomic E-state index is -0.517. The highest BCUT2D eigenvalue weighted by Crippen LogP contribution is 2.23. The lowest BCUT2D eigenvalue weighted by atomic mass is 10.1.